The van der Waals surface area contributed by atoms with Gasteiger partial charge in [0.15, 0.2) is 0 Å². The maximum absolute atomic E-state index is 11.5. The van der Waals surface area contributed by atoms with E-state index in [9.17, 15) is 4.79 Å². The fourth-order valence-electron chi connectivity index (χ4n) is 1.16. The van der Waals surface area contributed by atoms with Crippen molar-refractivity contribution in [3.8, 4) is 0 Å². The first-order valence-corrected chi connectivity index (χ1v) is 5.21. The molecule has 0 aliphatic rings. The van der Waals surface area contributed by atoms with Crippen LogP contribution in [0.4, 0.5) is 10.5 Å². The molecule has 0 radical (unpaired) electrons. The van der Waals surface area contributed by atoms with Gasteiger partial charge in [-0.1, -0.05) is 0 Å². The number of urea groups is 1. The highest BCUT2D eigenvalue weighted by Gasteiger charge is 2.09. The van der Waals surface area contributed by atoms with E-state index >= 15 is 0 Å². The van der Waals surface area contributed by atoms with Crippen molar-refractivity contribution < 1.29 is 9.90 Å². The van der Waals surface area contributed by atoms with Gasteiger partial charge in [0.1, 0.15) is 0 Å². The van der Waals surface area contributed by atoms with Crippen molar-refractivity contribution in [1.82, 2.24) is 14.7 Å². The summed E-state index contributed by atoms with van der Waals surface area (Å²) >= 11 is 0. The second kappa shape index (κ2) is 5.50. The molecule has 1 aromatic heterocycles. The van der Waals surface area contributed by atoms with Gasteiger partial charge in [-0.3, -0.25) is 4.68 Å². The molecule has 0 aliphatic carbocycles. The monoisotopic (exact) mass is 226 g/mol. The Kier molecular flexibility index (Phi) is 4.30. The Morgan fingerprint density at radius 1 is 1.69 bits per heavy atom. The number of nitrogens with one attached hydrogen (secondary N) is 1. The maximum Gasteiger partial charge on any atom is 0.321 e. The minimum absolute atomic E-state index is 0.0465. The van der Waals surface area contributed by atoms with Crippen LogP contribution in [0.1, 0.15) is 19.9 Å². The molecular weight excluding hydrogens is 208 g/mol. The van der Waals surface area contributed by atoms with Crippen LogP contribution in [0.25, 0.3) is 0 Å². The quantitative estimate of drug-likeness (QED) is 0.802. The van der Waals surface area contributed by atoms with Crippen molar-refractivity contribution in [1.29, 1.82) is 0 Å². The normalized spacial score (nSPS) is 10.6. The number of aliphatic hydroxyl groups excluding tert-OH is 1. The van der Waals surface area contributed by atoms with Gasteiger partial charge in [0.2, 0.25) is 0 Å². The molecule has 6 nitrogen and oxygen atoms in total. The van der Waals surface area contributed by atoms with Gasteiger partial charge in [-0.15, -0.1) is 0 Å². The third-order valence-electron chi connectivity index (χ3n) is 2.16. The zero-order valence-electron chi connectivity index (χ0n) is 9.84. The predicted molar refractivity (Wildman–Crippen MR) is 61.3 cm³/mol. The highest BCUT2D eigenvalue weighted by atomic mass is 16.3. The summed E-state index contributed by atoms with van der Waals surface area (Å²) < 4.78 is 1.77. The van der Waals surface area contributed by atoms with Gasteiger partial charge in [-0.25, -0.2) is 4.79 Å². The third-order valence-corrected chi connectivity index (χ3v) is 2.16. The number of anilines is 1. The lowest BCUT2D eigenvalue weighted by Gasteiger charge is -2.15. The van der Waals surface area contributed by atoms with Crippen molar-refractivity contribution in [3.63, 3.8) is 0 Å². The lowest BCUT2D eigenvalue weighted by Crippen LogP contribution is -2.33. The van der Waals surface area contributed by atoms with Crippen LogP contribution in [0.15, 0.2) is 12.4 Å². The summed E-state index contributed by atoms with van der Waals surface area (Å²) in [6.45, 7) is 4.28. The number of carbonyl (C=O) groups excluding carboxylic acids is 1. The average molecular weight is 226 g/mol. The van der Waals surface area contributed by atoms with Crippen LogP contribution < -0.4 is 5.32 Å². The van der Waals surface area contributed by atoms with E-state index in [1.54, 1.807) is 24.1 Å². The average Bonchev–Trinajstić information content (AvgIpc) is 2.66. The summed E-state index contributed by atoms with van der Waals surface area (Å²) in [7, 11) is 1.62. The van der Waals surface area contributed by atoms with E-state index in [4.69, 9.17) is 5.11 Å². The van der Waals surface area contributed by atoms with E-state index in [2.05, 4.69) is 10.4 Å². The van der Waals surface area contributed by atoms with Gasteiger partial charge < -0.3 is 15.3 Å². The molecule has 0 bridgehead atoms. The zero-order valence-corrected chi connectivity index (χ0v) is 9.84. The molecule has 0 saturated carbocycles. The summed E-state index contributed by atoms with van der Waals surface area (Å²) in [4.78, 5) is 13.0. The van der Waals surface area contributed by atoms with Gasteiger partial charge in [0, 0.05) is 25.8 Å². The molecule has 0 unspecified atom stereocenters. The molecule has 90 valence electrons. The second-order valence-corrected chi connectivity index (χ2v) is 3.88. The Hall–Kier alpha value is -1.56. The number of amides is 2. The number of likely N-dealkylation sites (N-methyl/N-ethyl adjacent to an activating group) is 1. The first-order chi connectivity index (χ1) is 7.54. The van der Waals surface area contributed by atoms with Crippen LogP contribution in [-0.4, -0.2) is 46.0 Å². The molecule has 0 fully saturated rings. The van der Waals surface area contributed by atoms with Crippen LogP contribution in [0.2, 0.25) is 0 Å². The van der Waals surface area contributed by atoms with Crippen molar-refractivity contribution in [3.05, 3.63) is 12.4 Å². The van der Waals surface area contributed by atoms with E-state index in [-0.39, 0.29) is 18.7 Å². The Bertz CT molecular complexity index is 348. The summed E-state index contributed by atoms with van der Waals surface area (Å²) in [6, 6.07) is 0.0122. The van der Waals surface area contributed by atoms with Crippen molar-refractivity contribution in [2.45, 2.75) is 19.9 Å². The molecule has 2 amide bonds. The van der Waals surface area contributed by atoms with E-state index in [1.807, 2.05) is 13.8 Å². The minimum atomic E-state index is -0.252. The smallest absolute Gasteiger partial charge is 0.321 e. The molecule has 2 N–H and O–H groups in total. The molecule has 0 spiro atoms. The number of aliphatic hydroxyl groups is 1. The second-order valence-electron chi connectivity index (χ2n) is 3.88. The number of carbonyl (C=O) groups is 1. The summed E-state index contributed by atoms with van der Waals surface area (Å²) in [5, 5.41) is 15.5. The minimum Gasteiger partial charge on any atom is -0.395 e. The largest absolute Gasteiger partial charge is 0.395 e. The highest BCUT2D eigenvalue weighted by molar-refractivity contribution is 5.88. The molecule has 0 aliphatic heterocycles. The molecule has 6 heteroatoms. The highest BCUT2D eigenvalue weighted by Crippen LogP contribution is 2.10. The van der Waals surface area contributed by atoms with E-state index in [1.165, 1.54) is 4.90 Å². The Morgan fingerprint density at radius 3 is 2.88 bits per heavy atom. The van der Waals surface area contributed by atoms with Crippen molar-refractivity contribution in [2.24, 2.45) is 0 Å². The molecular formula is C10H18N4O2. The lowest BCUT2D eigenvalue weighted by atomic mass is 10.4. The number of nitrogens with zero attached hydrogens (tertiary/aromatic N) is 3. The van der Waals surface area contributed by atoms with Crippen molar-refractivity contribution in [2.75, 3.05) is 25.5 Å². The van der Waals surface area contributed by atoms with Gasteiger partial charge >= 0.3 is 6.03 Å². The molecule has 16 heavy (non-hydrogen) atoms. The predicted octanol–water partition coefficient (Wildman–Crippen LogP) is 0.920. The number of hydrogen-bond donors (Lipinski definition) is 2. The zero-order chi connectivity index (χ0) is 12.1. The Balaban J connectivity index is 2.56. The summed E-state index contributed by atoms with van der Waals surface area (Å²) in [5.74, 6) is 0. The van der Waals surface area contributed by atoms with Gasteiger partial charge in [0.05, 0.1) is 18.5 Å². The van der Waals surface area contributed by atoms with Crippen molar-refractivity contribution >= 4 is 11.7 Å². The molecule has 1 heterocycles. The lowest BCUT2D eigenvalue weighted by molar-refractivity contribution is 0.202. The maximum atomic E-state index is 11.5. The first kappa shape index (κ1) is 12.5. The number of aromatic nitrogens is 2. The summed E-state index contributed by atoms with van der Waals surface area (Å²) in [5.41, 5.74) is 0.656. The van der Waals surface area contributed by atoms with Crippen LogP contribution in [0.3, 0.4) is 0 Å². The van der Waals surface area contributed by atoms with Crippen LogP contribution in [0.5, 0.6) is 0 Å². The molecule has 0 saturated heterocycles. The fourth-order valence-corrected chi connectivity index (χ4v) is 1.16. The van der Waals surface area contributed by atoms with E-state index in [0.29, 0.717) is 12.2 Å². The Labute approximate surface area is 94.9 Å². The number of hydrogen-bond acceptors (Lipinski definition) is 3. The van der Waals surface area contributed by atoms with E-state index in [0.717, 1.165) is 0 Å². The van der Waals surface area contributed by atoms with Gasteiger partial charge in [-0.05, 0) is 13.8 Å². The summed E-state index contributed by atoms with van der Waals surface area (Å²) in [6.07, 6.45) is 3.38. The SMILES string of the molecule is CC(C)n1cc(NC(=O)N(C)CCO)cn1. The van der Waals surface area contributed by atoms with E-state index < -0.39 is 0 Å². The molecule has 1 rings (SSSR count). The van der Waals surface area contributed by atoms with Crippen LogP contribution in [-0.2, 0) is 0 Å². The standard InChI is InChI=1S/C10H18N4O2/c1-8(2)14-7-9(6-11-14)12-10(16)13(3)4-5-15/h6-8,15H,4-5H2,1-3H3,(H,12,16). The van der Waals surface area contributed by atoms with Crippen LogP contribution in [0, 0.1) is 0 Å². The number of rotatable bonds is 4. The third kappa shape index (κ3) is 3.23. The first-order valence-electron chi connectivity index (χ1n) is 5.21. The molecule has 0 aromatic carbocycles. The fraction of sp³-hybridized carbons (Fsp3) is 0.600. The van der Waals surface area contributed by atoms with Gasteiger partial charge in [-0.2, -0.15) is 5.10 Å². The molecule has 0 atom stereocenters. The topological polar surface area (TPSA) is 70.4 Å². The Morgan fingerprint density at radius 2 is 2.38 bits per heavy atom. The molecule has 1 aromatic rings. The van der Waals surface area contributed by atoms with Crippen LogP contribution >= 0.6 is 0 Å². The van der Waals surface area contributed by atoms with Gasteiger partial charge in [0.25, 0.3) is 0 Å².